The maximum atomic E-state index is 6.60. The van der Waals surface area contributed by atoms with Gasteiger partial charge in [-0.25, -0.2) is 15.0 Å². The minimum atomic E-state index is 0.599. The van der Waals surface area contributed by atoms with Crippen molar-refractivity contribution in [1.82, 2.24) is 19.5 Å². The standard InChI is InChI=1S/C45H28N4O/c1-4-13-29(14-5-1)43-46-44(30-15-6-2-7-16-30)48-45(47-43)32-24-26-36-35-25-23-31(27-40(35)50-41(36)28-32)34-20-12-22-39-42(34)37-19-10-11-21-38(37)49(39)33-17-8-3-9-18-33/h1-28H. The fraction of sp³-hybridized carbons (Fsp3) is 0. The fourth-order valence-electron chi connectivity index (χ4n) is 7.14. The van der Waals surface area contributed by atoms with Gasteiger partial charge in [-0.05, 0) is 59.7 Å². The Morgan fingerprint density at radius 3 is 1.56 bits per heavy atom. The lowest BCUT2D eigenvalue weighted by Crippen LogP contribution is -2.00. The summed E-state index contributed by atoms with van der Waals surface area (Å²) < 4.78 is 8.95. The number of benzene rings is 7. The highest BCUT2D eigenvalue weighted by Crippen LogP contribution is 2.40. The number of rotatable bonds is 5. The molecule has 0 fully saturated rings. The van der Waals surface area contributed by atoms with E-state index < -0.39 is 0 Å². The molecule has 0 spiro atoms. The molecule has 10 aromatic rings. The molecule has 0 N–H and O–H groups in total. The molecule has 0 radical (unpaired) electrons. The summed E-state index contributed by atoms with van der Waals surface area (Å²) in [6, 6.07) is 58.6. The van der Waals surface area contributed by atoms with Crippen LogP contribution in [0.1, 0.15) is 0 Å². The maximum absolute atomic E-state index is 6.60. The topological polar surface area (TPSA) is 56.7 Å². The van der Waals surface area contributed by atoms with Gasteiger partial charge in [0.15, 0.2) is 17.5 Å². The van der Waals surface area contributed by atoms with Crippen LogP contribution in [-0.2, 0) is 0 Å². The first-order valence-electron chi connectivity index (χ1n) is 16.7. The third-order valence-corrected chi connectivity index (χ3v) is 9.45. The first-order valence-corrected chi connectivity index (χ1v) is 16.7. The zero-order chi connectivity index (χ0) is 33.0. The molecule has 0 aliphatic heterocycles. The Bertz CT molecular complexity index is 2800. The molecule has 10 rings (SSSR count). The van der Waals surface area contributed by atoms with Crippen molar-refractivity contribution >= 4 is 43.7 Å². The normalized spacial score (nSPS) is 11.6. The first-order chi connectivity index (χ1) is 24.8. The number of furan rings is 1. The zero-order valence-electron chi connectivity index (χ0n) is 26.9. The molecule has 5 heteroatoms. The summed E-state index contributed by atoms with van der Waals surface area (Å²) in [7, 11) is 0. The van der Waals surface area contributed by atoms with Crippen LogP contribution >= 0.6 is 0 Å². The molecular weight excluding hydrogens is 613 g/mol. The van der Waals surface area contributed by atoms with Gasteiger partial charge >= 0.3 is 0 Å². The van der Waals surface area contributed by atoms with Gasteiger partial charge < -0.3 is 8.98 Å². The van der Waals surface area contributed by atoms with Gasteiger partial charge in [-0.3, -0.25) is 0 Å². The number of hydrogen-bond acceptors (Lipinski definition) is 4. The second-order valence-corrected chi connectivity index (χ2v) is 12.5. The number of fused-ring (bicyclic) bond motifs is 6. The molecule has 0 atom stereocenters. The Balaban J connectivity index is 1.11. The van der Waals surface area contributed by atoms with E-state index in [1.165, 1.54) is 27.4 Å². The highest BCUT2D eigenvalue weighted by atomic mass is 16.3. The summed E-state index contributed by atoms with van der Waals surface area (Å²) in [6.07, 6.45) is 0. The Kier molecular flexibility index (Phi) is 6.42. The van der Waals surface area contributed by atoms with Gasteiger partial charge in [0.05, 0.1) is 11.0 Å². The lowest BCUT2D eigenvalue weighted by Gasteiger charge is -2.08. The molecule has 5 nitrogen and oxygen atoms in total. The van der Waals surface area contributed by atoms with Crippen molar-refractivity contribution in [3.05, 3.63) is 170 Å². The second kappa shape index (κ2) is 11.4. The van der Waals surface area contributed by atoms with E-state index in [1.807, 2.05) is 66.7 Å². The second-order valence-electron chi connectivity index (χ2n) is 12.5. The van der Waals surface area contributed by atoms with Crippen molar-refractivity contribution < 1.29 is 4.42 Å². The van der Waals surface area contributed by atoms with E-state index in [-0.39, 0.29) is 0 Å². The Hall–Kier alpha value is -6.85. The predicted octanol–water partition coefficient (Wildman–Crippen LogP) is 11.5. The Morgan fingerprint density at radius 1 is 0.380 bits per heavy atom. The number of hydrogen-bond donors (Lipinski definition) is 0. The van der Waals surface area contributed by atoms with E-state index in [2.05, 4.69) is 108 Å². The SMILES string of the molecule is c1ccc(-c2nc(-c3ccccc3)nc(-c3ccc4c(c3)oc3cc(-c5cccc6c5c5ccccc5n6-c5ccccc5)ccc34)n2)cc1. The van der Waals surface area contributed by atoms with Crippen molar-refractivity contribution in [3.63, 3.8) is 0 Å². The predicted molar refractivity (Wildman–Crippen MR) is 203 cm³/mol. The molecule has 50 heavy (non-hydrogen) atoms. The van der Waals surface area contributed by atoms with Gasteiger partial charge in [0, 0.05) is 43.9 Å². The van der Waals surface area contributed by atoms with Crippen LogP contribution in [0.25, 0.3) is 94.7 Å². The molecule has 0 amide bonds. The molecule has 234 valence electrons. The summed E-state index contributed by atoms with van der Waals surface area (Å²) in [6.45, 7) is 0. The Morgan fingerprint density at radius 2 is 0.900 bits per heavy atom. The minimum absolute atomic E-state index is 0.599. The van der Waals surface area contributed by atoms with Crippen LogP contribution in [0.15, 0.2) is 174 Å². The molecule has 3 aromatic heterocycles. The summed E-state index contributed by atoms with van der Waals surface area (Å²) in [5, 5.41) is 4.57. The molecule has 7 aromatic carbocycles. The molecule has 0 aliphatic rings. The quantitative estimate of drug-likeness (QED) is 0.188. The van der Waals surface area contributed by atoms with Crippen LogP contribution in [0, 0.1) is 0 Å². The summed E-state index contributed by atoms with van der Waals surface area (Å²) >= 11 is 0. The maximum Gasteiger partial charge on any atom is 0.164 e. The van der Waals surface area contributed by atoms with Crippen LogP contribution in [0.3, 0.4) is 0 Å². The molecule has 0 bridgehead atoms. The summed E-state index contributed by atoms with van der Waals surface area (Å²) in [5.74, 6) is 1.86. The van der Waals surface area contributed by atoms with E-state index in [9.17, 15) is 0 Å². The van der Waals surface area contributed by atoms with Crippen molar-refractivity contribution in [2.24, 2.45) is 0 Å². The van der Waals surface area contributed by atoms with Crippen LogP contribution in [0.4, 0.5) is 0 Å². The van der Waals surface area contributed by atoms with Crippen molar-refractivity contribution in [2.45, 2.75) is 0 Å². The van der Waals surface area contributed by atoms with Crippen LogP contribution in [-0.4, -0.2) is 19.5 Å². The Labute approximate surface area is 287 Å². The monoisotopic (exact) mass is 640 g/mol. The van der Waals surface area contributed by atoms with Crippen molar-refractivity contribution in [3.8, 4) is 51.0 Å². The average molecular weight is 641 g/mol. The van der Waals surface area contributed by atoms with Gasteiger partial charge in [0.1, 0.15) is 11.2 Å². The van der Waals surface area contributed by atoms with E-state index >= 15 is 0 Å². The lowest BCUT2D eigenvalue weighted by atomic mass is 9.98. The van der Waals surface area contributed by atoms with Gasteiger partial charge in [0.2, 0.25) is 0 Å². The van der Waals surface area contributed by atoms with Gasteiger partial charge in [-0.1, -0.05) is 121 Å². The zero-order valence-corrected chi connectivity index (χ0v) is 26.9. The highest BCUT2D eigenvalue weighted by Gasteiger charge is 2.18. The third kappa shape index (κ3) is 4.60. The third-order valence-electron chi connectivity index (χ3n) is 9.45. The van der Waals surface area contributed by atoms with Crippen LogP contribution in [0.5, 0.6) is 0 Å². The van der Waals surface area contributed by atoms with E-state index in [0.29, 0.717) is 17.5 Å². The smallest absolute Gasteiger partial charge is 0.164 e. The molecular formula is C45H28N4O. The van der Waals surface area contributed by atoms with Crippen molar-refractivity contribution in [1.29, 1.82) is 0 Å². The molecule has 0 saturated carbocycles. The molecule has 3 heterocycles. The molecule has 0 saturated heterocycles. The number of nitrogens with zero attached hydrogens (tertiary/aromatic N) is 4. The molecule has 0 unspecified atom stereocenters. The largest absolute Gasteiger partial charge is 0.456 e. The average Bonchev–Trinajstić information content (AvgIpc) is 3.73. The molecule has 0 aliphatic carbocycles. The van der Waals surface area contributed by atoms with Gasteiger partial charge in [0.25, 0.3) is 0 Å². The van der Waals surface area contributed by atoms with E-state index in [0.717, 1.165) is 49.9 Å². The lowest BCUT2D eigenvalue weighted by molar-refractivity contribution is 0.669. The minimum Gasteiger partial charge on any atom is -0.456 e. The van der Waals surface area contributed by atoms with Crippen LogP contribution < -0.4 is 0 Å². The van der Waals surface area contributed by atoms with Crippen molar-refractivity contribution in [2.75, 3.05) is 0 Å². The van der Waals surface area contributed by atoms with Gasteiger partial charge in [-0.2, -0.15) is 0 Å². The summed E-state index contributed by atoms with van der Waals surface area (Å²) in [4.78, 5) is 14.7. The first kappa shape index (κ1) is 28.2. The van der Waals surface area contributed by atoms with Gasteiger partial charge in [-0.15, -0.1) is 0 Å². The summed E-state index contributed by atoms with van der Waals surface area (Å²) in [5.41, 5.74) is 10.1. The highest BCUT2D eigenvalue weighted by molar-refractivity contribution is 6.16. The van der Waals surface area contributed by atoms with Crippen LogP contribution in [0.2, 0.25) is 0 Å². The fourth-order valence-corrected chi connectivity index (χ4v) is 7.14. The van der Waals surface area contributed by atoms with E-state index in [4.69, 9.17) is 19.4 Å². The number of aromatic nitrogens is 4. The van der Waals surface area contributed by atoms with E-state index in [1.54, 1.807) is 0 Å². The number of para-hydroxylation sites is 2.